The molecule has 1 aromatic carbocycles. The van der Waals surface area contributed by atoms with E-state index in [1.54, 1.807) is 4.90 Å². The second-order valence-electron chi connectivity index (χ2n) is 9.07. The molecule has 0 radical (unpaired) electrons. The molecule has 3 aliphatic rings. The highest BCUT2D eigenvalue weighted by atomic mass is 16.2. The molecule has 4 rings (SSSR count). The smallest absolute Gasteiger partial charge is 0.255 e. The van der Waals surface area contributed by atoms with Gasteiger partial charge in [0, 0.05) is 30.6 Å². The minimum atomic E-state index is -0.547. The third kappa shape index (κ3) is 4.22. The van der Waals surface area contributed by atoms with E-state index in [1.165, 1.54) is 31.2 Å². The summed E-state index contributed by atoms with van der Waals surface area (Å²) in [4.78, 5) is 38.1. The highest BCUT2D eigenvalue weighted by molar-refractivity contribution is 6.05. The number of amides is 3. The number of hydrogen-bond donors (Lipinski definition) is 2. The third-order valence-corrected chi connectivity index (χ3v) is 6.54. The Labute approximate surface area is 172 Å². The number of nitrogens with zero attached hydrogens (tertiary/aromatic N) is 1. The van der Waals surface area contributed by atoms with Gasteiger partial charge in [-0.25, -0.2) is 0 Å². The van der Waals surface area contributed by atoms with Crippen molar-refractivity contribution in [2.24, 2.45) is 5.92 Å². The average molecular weight is 398 g/mol. The zero-order valence-corrected chi connectivity index (χ0v) is 17.4. The fraction of sp³-hybridized carbons (Fsp3) is 0.609. The summed E-state index contributed by atoms with van der Waals surface area (Å²) in [5, 5.41) is 6.10. The summed E-state index contributed by atoms with van der Waals surface area (Å²) in [7, 11) is 0. The largest absolute Gasteiger partial charge is 0.322 e. The van der Waals surface area contributed by atoms with Gasteiger partial charge in [-0.15, -0.1) is 0 Å². The molecule has 1 saturated carbocycles. The average Bonchev–Trinajstić information content (AvgIpc) is 2.99. The molecule has 6 heteroatoms. The number of hydrogen-bond acceptors (Lipinski definition) is 4. The molecule has 0 bridgehead atoms. The lowest BCUT2D eigenvalue weighted by Gasteiger charge is -2.34. The van der Waals surface area contributed by atoms with Crippen molar-refractivity contribution in [3.8, 4) is 0 Å². The van der Waals surface area contributed by atoms with Crippen LogP contribution < -0.4 is 10.6 Å². The predicted molar refractivity (Wildman–Crippen MR) is 110 cm³/mol. The van der Waals surface area contributed by atoms with Crippen LogP contribution in [0.25, 0.3) is 0 Å². The van der Waals surface area contributed by atoms with Gasteiger partial charge in [0.05, 0.1) is 0 Å². The van der Waals surface area contributed by atoms with Crippen molar-refractivity contribution in [1.29, 1.82) is 0 Å². The molecule has 29 heavy (non-hydrogen) atoms. The molecule has 0 spiro atoms. The fourth-order valence-corrected chi connectivity index (χ4v) is 5.16. The Hall–Kier alpha value is -2.21. The number of benzene rings is 1. The molecule has 0 aromatic heterocycles. The molecule has 6 nitrogen and oxygen atoms in total. The van der Waals surface area contributed by atoms with Crippen LogP contribution in [0.2, 0.25) is 0 Å². The highest BCUT2D eigenvalue weighted by Gasteiger charge is 2.39. The number of carbonyl (C=O) groups is 3. The summed E-state index contributed by atoms with van der Waals surface area (Å²) in [5.41, 5.74) is 2.96. The highest BCUT2D eigenvalue weighted by Crippen LogP contribution is 2.31. The van der Waals surface area contributed by atoms with Crippen molar-refractivity contribution in [2.45, 2.75) is 83.5 Å². The van der Waals surface area contributed by atoms with Gasteiger partial charge in [-0.05, 0) is 48.8 Å². The van der Waals surface area contributed by atoms with E-state index < -0.39 is 6.04 Å². The maximum atomic E-state index is 12.8. The van der Waals surface area contributed by atoms with Crippen LogP contribution in [0.3, 0.4) is 0 Å². The summed E-state index contributed by atoms with van der Waals surface area (Å²) in [6.45, 7) is 4.86. The molecule has 1 aromatic rings. The molecule has 1 unspecified atom stereocenters. The Kier molecular flexibility index (Phi) is 5.72. The molecular formula is C23H31N3O3. The number of imide groups is 1. The first-order valence-electron chi connectivity index (χ1n) is 10.9. The standard InChI is InChI=1S/C23H31N3O3/c1-14(2)24-19-6-4-3-5-16(19)11-15-7-8-18-17(12-15)13-26(23(18)29)20-9-10-21(27)25-22(20)28/h7-8,12,14,16,19-20,24H,3-6,9-11,13H2,1-2H3,(H,25,27,28)/t16-,19+,20?/m1/s1. The fourth-order valence-electron chi connectivity index (χ4n) is 5.16. The molecule has 2 N–H and O–H groups in total. The quantitative estimate of drug-likeness (QED) is 0.749. The van der Waals surface area contributed by atoms with Crippen LogP contribution in [0.1, 0.15) is 73.9 Å². The Balaban J connectivity index is 1.47. The molecule has 3 amide bonds. The van der Waals surface area contributed by atoms with Crippen molar-refractivity contribution in [3.05, 3.63) is 34.9 Å². The molecule has 1 aliphatic carbocycles. The van der Waals surface area contributed by atoms with Gasteiger partial charge >= 0.3 is 0 Å². The second kappa shape index (κ2) is 8.27. The van der Waals surface area contributed by atoms with E-state index in [0.29, 0.717) is 36.5 Å². The van der Waals surface area contributed by atoms with Crippen LogP contribution in [0, 0.1) is 5.92 Å². The minimum absolute atomic E-state index is 0.0990. The van der Waals surface area contributed by atoms with Gasteiger partial charge in [0.1, 0.15) is 6.04 Å². The van der Waals surface area contributed by atoms with Gasteiger partial charge in [0.15, 0.2) is 0 Å². The van der Waals surface area contributed by atoms with Crippen molar-refractivity contribution in [3.63, 3.8) is 0 Å². The summed E-state index contributed by atoms with van der Waals surface area (Å²) >= 11 is 0. The summed E-state index contributed by atoms with van der Waals surface area (Å²) in [6, 6.07) is 6.64. The molecule has 2 aliphatic heterocycles. The van der Waals surface area contributed by atoms with E-state index in [-0.39, 0.29) is 24.1 Å². The lowest BCUT2D eigenvalue weighted by atomic mass is 9.80. The lowest BCUT2D eigenvalue weighted by molar-refractivity contribution is -0.136. The Morgan fingerprint density at radius 2 is 1.93 bits per heavy atom. The number of rotatable bonds is 5. The van der Waals surface area contributed by atoms with E-state index in [1.807, 2.05) is 6.07 Å². The summed E-state index contributed by atoms with van der Waals surface area (Å²) in [6.07, 6.45) is 6.76. The number of carbonyl (C=O) groups excluding carboxylic acids is 3. The van der Waals surface area contributed by atoms with Crippen LogP contribution in [0.15, 0.2) is 18.2 Å². The predicted octanol–water partition coefficient (Wildman–Crippen LogP) is 2.55. The second-order valence-corrected chi connectivity index (χ2v) is 9.07. The first kappa shape index (κ1) is 20.1. The topological polar surface area (TPSA) is 78.5 Å². The molecule has 2 fully saturated rings. The van der Waals surface area contributed by atoms with E-state index in [0.717, 1.165) is 12.0 Å². The van der Waals surface area contributed by atoms with Gasteiger partial charge in [0.2, 0.25) is 11.8 Å². The minimum Gasteiger partial charge on any atom is -0.322 e. The zero-order valence-electron chi connectivity index (χ0n) is 17.4. The van der Waals surface area contributed by atoms with E-state index in [2.05, 4.69) is 36.6 Å². The normalized spacial score (nSPS) is 27.3. The van der Waals surface area contributed by atoms with Crippen molar-refractivity contribution in [1.82, 2.24) is 15.5 Å². The van der Waals surface area contributed by atoms with Gasteiger partial charge < -0.3 is 10.2 Å². The van der Waals surface area contributed by atoms with Crippen molar-refractivity contribution < 1.29 is 14.4 Å². The summed E-state index contributed by atoms with van der Waals surface area (Å²) in [5.74, 6) is -0.0900. The SMILES string of the molecule is CC(C)N[C@H]1CCCC[C@@H]1Cc1ccc2c(c1)CN(C1CCC(=O)NC1=O)C2=O. The first-order valence-corrected chi connectivity index (χ1v) is 10.9. The molecular weight excluding hydrogens is 366 g/mol. The maximum absolute atomic E-state index is 12.8. The maximum Gasteiger partial charge on any atom is 0.255 e. The number of piperidine rings is 1. The lowest BCUT2D eigenvalue weighted by Crippen LogP contribution is -2.52. The van der Waals surface area contributed by atoms with Crippen LogP contribution in [-0.2, 0) is 22.6 Å². The van der Waals surface area contributed by atoms with Crippen molar-refractivity contribution in [2.75, 3.05) is 0 Å². The van der Waals surface area contributed by atoms with Crippen molar-refractivity contribution >= 4 is 17.7 Å². The molecule has 1 saturated heterocycles. The van der Waals surface area contributed by atoms with Crippen LogP contribution in [0.4, 0.5) is 0 Å². The monoisotopic (exact) mass is 397 g/mol. The number of nitrogens with one attached hydrogen (secondary N) is 2. The molecule has 3 atom stereocenters. The van der Waals surface area contributed by atoms with Crippen LogP contribution >= 0.6 is 0 Å². The Morgan fingerprint density at radius 3 is 2.69 bits per heavy atom. The van der Waals surface area contributed by atoms with Crippen LogP contribution in [0.5, 0.6) is 0 Å². The van der Waals surface area contributed by atoms with E-state index in [4.69, 9.17) is 0 Å². The number of fused-ring (bicyclic) bond motifs is 1. The molecule has 2 heterocycles. The zero-order chi connectivity index (χ0) is 20.5. The third-order valence-electron chi connectivity index (χ3n) is 6.54. The van der Waals surface area contributed by atoms with E-state index in [9.17, 15) is 14.4 Å². The Morgan fingerprint density at radius 1 is 1.14 bits per heavy atom. The van der Waals surface area contributed by atoms with Gasteiger partial charge in [-0.1, -0.05) is 38.8 Å². The first-order chi connectivity index (χ1) is 13.9. The Bertz CT molecular complexity index is 820. The van der Waals surface area contributed by atoms with Gasteiger partial charge in [-0.2, -0.15) is 0 Å². The van der Waals surface area contributed by atoms with Crippen LogP contribution in [-0.4, -0.2) is 40.7 Å². The summed E-state index contributed by atoms with van der Waals surface area (Å²) < 4.78 is 0. The van der Waals surface area contributed by atoms with Gasteiger partial charge in [0.25, 0.3) is 5.91 Å². The van der Waals surface area contributed by atoms with E-state index >= 15 is 0 Å². The van der Waals surface area contributed by atoms with Gasteiger partial charge in [-0.3, -0.25) is 19.7 Å². The molecule has 156 valence electrons.